The third-order valence-electron chi connectivity index (χ3n) is 3.50. The first-order valence-corrected chi connectivity index (χ1v) is 6.90. The fraction of sp³-hybridized carbons (Fsp3) is 0.235. The number of nitrogens with one attached hydrogen (secondary N) is 1. The fourth-order valence-corrected chi connectivity index (χ4v) is 2.36. The van der Waals surface area contributed by atoms with Crippen molar-refractivity contribution in [3.05, 3.63) is 53.1 Å². The number of hydrogen-bond donors (Lipinski definition) is 3. The van der Waals surface area contributed by atoms with E-state index in [1.807, 2.05) is 25.1 Å². The summed E-state index contributed by atoms with van der Waals surface area (Å²) in [6.45, 7) is 6.20. The van der Waals surface area contributed by atoms with Crippen molar-refractivity contribution in [3.8, 4) is 0 Å². The van der Waals surface area contributed by atoms with Crippen LogP contribution in [-0.2, 0) is 0 Å². The molecule has 4 N–H and O–H groups in total. The number of nitrogens with two attached hydrogens (primary N) is 1. The summed E-state index contributed by atoms with van der Waals surface area (Å²) in [6.07, 6.45) is 0. The lowest BCUT2D eigenvalue weighted by atomic mass is 9.97. The van der Waals surface area contributed by atoms with Crippen LogP contribution in [0.25, 0.3) is 0 Å². The number of benzene rings is 2. The molecule has 0 spiro atoms. The van der Waals surface area contributed by atoms with Gasteiger partial charge in [0.2, 0.25) is 0 Å². The van der Waals surface area contributed by atoms with E-state index in [-0.39, 0.29) is 5.56 Å². The average molecular weight is 284 g/mol. The lowest BCUT2D eigenvalue weighted by Crippen LogP contribution is -2.08. The van der Waals surface area contributed by atoms with Gasteiger partial charge in [-0.3, -0.25) is 0 Å². The van der Waals surface area contributed by atoms with Crippen LogP contribution in [-0.4, -0.2) is 11.1 Å². The highest BCUT2D eigenvalue weighted by molar-refractivity contribution is 5.99. The summed E-state index contributed by atoms with van der Waals surface area (Å²) in [4.78, 5) is 11.4. The van der Waals surface area contributed by atoms with Crippen molar-refractivity contribution in [1.29, 1.82) is 0 Å². The largest absolute Gasteiger partial charge is 0.478 e. The third kappa shape index (κ3) is 2.99. The molecule has 2 aromatic rings. The molecule has 0 radical (unpaired) electrons. The highest BCUT2D eigenvalue weighted by Crippen LogP contribution is 2.34. The molecule has 0 aromatic heterocycles. The maximum Gasteiger partial charge on any atom is 0.337 e. The third-order valence-corrected chi connectivity index (χ3v) is 3.50. The number of hydrogen-bond acceptors (Lipinski definition) is 3. The van der Waals surface area contributed by atoms with Gasteiger partial charge in [0.25, 0.3) is 0 Å². The Morgan fingerprint density at radius 3 is 2.43 bits per heavy atom. The zero-order valence-electron chi connectivity index (χ0n) is 12.5. The normalized spacial score (nSPS) is 10.7. The molecule has 0 amide bonds. The van der Waals surface area contributed by atoms with Gasteiger partial charge >= 0.3 is 5.97 Å². The van der Waals surface area contributed by atoms with Crippen LogP contribution in [0.15, 0.2) is 36.4 Å². The van der Waals surface area contributed by atoms with Crippen molar-refractivity contribution < 1.29 is 9.90 Å². The molecule has 4 heteroatoms. The summed E-state index contributed by atoms with van der Waals surface area (Å²) in [6, 6.07) is 10.9. The molecule has 0 fully saturated rings. The van der Waals surface area contributed by atoms with Crippen molar-refractivity contribution in [1.82, 2.24) is 0 Å². The van der Waals surface area contributed by atoms with Crippen LogP contribution >= 0.6 is 0 Å². The fourth-order valence-electron chi connectivity index (χ4n) is 2.36. The quantitative estimate of drug-likeness (QED) is 0.737. The number of aromatic carboxylic acids is 1. The van der Waals surface area contributed by atoms with Gasteiger partial charge in [0.15, 0.2) is 0 Å². The highest BCUT2D eigenvalue weighted by Gasteiger charge is 2.16. The summed E-state index contributed by atoms with van der Waals surface area (Å²) in [5.41, 5.74) is 10.1. The molecule has 2 rings (SSSR count). The van der Waals surface area contributed by atoms with Crippen molar-refractivity contribution in [2.75, 3.05) is 11.1 Å². The van der Waals surface area contributed by atoms with Crippen molar-refractivity contribution in [2.24, 2.45) is 0 Å². The van der Waals surface area contributed by atoms with Crippen LogP contribution in [0.4, 0.5) is 17.1 Å². The van der Waals surface area contributed by atoms with Crippen LogP contribution in [0.3, 0.4) is 0 Å². The molecule has 0 aliphatic rings. The van der Waals surface area contributed by atoms with Gasteiger partial charge < -0.3 is 16.2 Å². The SMILES string of the molecule is Cc1cccc(C(C)C)c1Nc1c(N)cccc1C(=O)O. The van der Waals surface area contributed by atoms with Crippen molar-refractivity contribution >= 4 is 23.0 Å². The summed E-state index contributed by atoms with van der Waals surface area (Å²) in [5, 5.41) is 12.6. The van der Waals surface area contributed by atoms with Gasteiger partial charge in [0.05, 0.1) is 16.9 Å². The summed E-state index contributed by atoms with van der Waals surface area (Å²) in [5.74, 6) is -0.671. The first-order valence-electron chi connectivity index (χ1n) is 6.90. The molecule has 21 heavy (non-hydrogen) atoms. The summed E-state index contributed by atoms with van der Waals surface area (Å²) >= 11 is 0. The summed E-state index contributed by atoms with van der Waals surface area (Å²) in [7, 11) is 0. The Morgan fingerprint density at radius 2 is 1.81 bits per heavy atom. The maximum absolute atomic E-state index is 11.4. The van der Waals surface area contributed by atoms with E-state index in [1.165, 1.54) is 0 Å². The van der Waals surface area contributed by atoms with Gasteiger partial charge in [-0.2, -0.15) is 0 Å². The Bertz CT molecular complexity index is 678. The number of anilines is 3. The number of carbonyl (C=O) groups is 1. The number of rotatable bonds is 4. The Labute approximate surface area is 124 Å². The minimum absolute atomic E-state index is 0.174. The van der Waals surface area contributed by atoms with E-state index in [0.29, 0.717) is 17.3 Å². The minimum atomic E-state index is -0.996. The molecule has 0 saturated heterocycles. The average Bonchev–Trinajstić information content (AvgIpc) is 2.42. The zero-order valence-corrected chi connectivity index (χ0v) is 12.5. The molecule has 0 atom stereocenters. The molecular weight excluding hydrogens is 264 g/mol. The number of nitrogen functional groups attached to an aromatic ring is 1. The standard InChI is InChI=1S/C17H20N2O2/c1-10(2)12-7-4-6-11(3)15(12)19-16-13(17(20)21)8-5-9-14(16)18/h4-10,19H,18H2,1-3H3,(H,20,21). The van der Waals surface area contributed by atoms with Gasteiger partial charge in [-0.15, -0.1) is 0 Å². The first kappa shape index (κ1) is 14.9. The van der Waals surface area contributed by atoms with Gasteiger partial charge in [-0.05, 0) is 36.1 Å². The van der Waals surface area contributed by atoms with E-state index in [0.717, 1.165) is 16.8 Å². The lowest BCUT2D eigenvalue weighted by Gasteiger charge is -2.19. The Hall–Kier alpha value is -2.49. The predicted molar refractivity (Wildman–Crippen MR) is 86.4 cm³/mol. The number of aryl methyl sites for hydroxylation is 1. The molecular formula is C17H20N2O2. The van der Waals surface area contributed by atoms with Crippen LogP contribution < -0.4 is 11.1 Å². The van der Waals surface area contributed by atoms with E-state index in [4.69, 9.17) is 5.73 Å². The molecule has 0 bridgehead atoms. The molecule has 0 heterocycles. The maximum atomic E-state index is 11.4. The first-order chi connectivity index (χ1) is 9.91. The van der Waals surface area contributed by atoms with Crippen LogP contribution in [0, 0.1) is 6.92 Å². The van der Waals surface area contributed by atoms with E-state index < -0.39 is 5.97 Å². The molecule has 110 valence electrons. The molecule has 2 aromatic carbocycles. The number of para-hydroxylation sites is 2. The molecule has 4 nitrogen and oxygen atoms in total. The number of carboxylic acid groups (broad SMARTS) is 1. The van der Waals surface area contributed by atoms with Gasteiger partial charge in [0.1, 0.15) is 0 Å². The van der Waals surface area contributed by atoms with Gasteiger partial charge in [-0.1, -0.05) is 38.1 Å². The lowest BCUT2D eigenvalue weighted by molar-refractivity contribution is 0.0698. The highest BCUT2D eigenvalue weighted by atomic mass is 16.4. The Kier molecular flexibility index (Phi) is 4.17. The smallest absolute Gasteiger partial charge is 0.337 e. The minimum Gasteiger partial charge on any atom is -0.478 e. The second kappa shape index (κ2) is 5.87. The summed E-state index contributed by atoms with van der Waals surface area (Å²) < 4.78 is 0. The van der Waals surface area contributed by atoms with E-state index >= 15 is 0 Å². The van der Waals surface area contributed by atoms with Crippen LogP contribution in [0.5, 0.6) is 0 Å². The number of carboxylic acids is 1. The molecule has 0 aliphatic carbocycles. The molecule has 0 saturated carbocycles. The molecule has 0 aliphatic heterocycles. The second-order valence-electron chi connectivity index (χ2n) is 5.39. The van der Waals surface area contributed by atoms with Crippen molar-refractivity contribution in [3.63, 3.8) is 0 Å². The molecule has 0 unspecified atom stereocenters. The van der Waals surface area contributed by atoms with E-state index in [9.17, 15) is 9.90 Å². The zero-order chi connectivity index (χ0) is 15.6. The van der Waals surface area contributed by atoms with Crippen LogP contribution in [0.2, 0.25) is 0 Å². The topological polar surface area (TPSA) is 75.3 Å². The van der Waals surface area contributed by atoms with Gasteiger partial charge in [0, 0.05) is 5.69 Å². The van der Waals surface area contributed by atoms with Crippen LogP contribution in [0.1, 0.15) is 41.3 Å². The predicted octanol–water partition coefficient (Wildman–Crippen LogP) is 4.14. The van der Waals surface area contributed by atoms with E-state index in [2.05, 4.69) is 19.2 Å². The second-order valence-corrected chi connectivity index (χ2v) is 5.39. The van der Waals surface area contributed by atoms with Crippen molar-refractivity contribution in [2.45, 2.75) is 26.7 Å². The van der Waals surface area contributed by atoms with Gasteiger partial charge in [-0.25, -0.2) is 4.79 Å². The monoisotopic (exact) mass is 284 g/mol. The Morgan fingerprint density at radius 1 is 1.14 bits per heavy atom. The Balaban J connectivity index is 2.56. The van der Waals surface area contributed by atoms with E-state index in [1.54, 1.807) is 18.2 Å².